The summed E-state index contributed by atoms with van der Waals surface area (Å²) < 4.78 is 8.27. The number of hydrogen-bond acceptors (Lipinski definition) is 4. The molecule has 0 saturated heterocycles. The second-order valence-corrected chi connectivity index (χ2v) is 7.69. The third kappa shape index (κ3) is 3.45. The Labute approximate surface area is 162 Å². The predicted molar refractivity (Wildman–Crippen MR) is 105 cm³/mol. The summed E-state index contributed by atoms with van der Waals surface area (Å²) in [5, 5.41) is 5.82. The van der Waals surface area contributed by atoms with Crippen LogP contribution in [0.3, 0.4) is 0 Å². The van der Waals surface area contributed by atoms with Crippen LogP contribution in [-0.4, -0.2) is 15.5 Å². The van der Waals surface area contributed by atoms with Crippen molar-refractivity contribution in [2.24, 2.45) is 0 Å². The van der Waals surface area contributed by atoms with E-state index in [2.05, 4.69) is 26.2 Å². The molecular weight excluding hydrogens is 414 g/mol. The molecule has 0 radical (unpaired) electrons. The molecule has 7 heteroatoms. The number of fused-ring (bicyclic) bond motifs is 1. The van der Waals surface area contributed by atoms with Crippen molar-refractivity contribution in [1.82, 2.24) is 14.9 Å². The Kier molecular flexibility index (Phi) is 4.65. The summed E-state index contributed by atoms with van der Waals surface area (Å²) in [6.45, 7) is 2.95. The molecule has 0 saturated carbocycles. The first-order valence-corrected chi connectivity index (χ1v) is 9.79. The van der Waals surface area contributed by atoms with Crippen LogP contribution >= 0.6 is 27.3 Å². The van der Waals surface area contributed by atoms with Crippen LogP contribution in [0.4, 0.5) is 0 Å². The molecule has 0 aliphatic rings. The number of aromatic nitrogens is 2. The molecule has 0 spiro atoms. The number of rotatable bonds is 5. The summed E-state index contributed by atoms with van der Waals surface area (Å²) in [7, 11) is 0. The summed E-state index contributed by atoms with van der Waals surface area (Å²) in [6.07, 6.45) is 0. The standard InChI is InChI=1S/C19H16BrN3O2S/c1-12-11-26-18(22-12)9-21-19(24)15-7-16-14(8-17(20)25-16)23(15)10-13-5-3-2-4-6-13/h2-8,11H,9-10H2,1H3,(H,21,24). The predicted octanol–water partition coefficient (Wildman–Crippen LogP) is 4.74. The van der Waals surface area contributed by atoms with Crippen LogP contribution < -0.4 is 5.32 Å². The molecular formula is C19H16BrN3O2S. The van der Waals surface area contributed by atoms with Crippen LogP contribution in [0.5, 0.6) is 0 Å². The number of benzene rings is 1. The first kappa shape index (κ1) is 17.1. The molecule has 1 amide bonds. The van der Waals surface area contributed by atoms with Crippen LogP contribution in [0.15, 0.2) is 56.9 Å². The van der Waals surface area contributed by atoms with Gasteiger partial charge in [0.25, 0.3) is 5.91 Å². The maximum Gasteiger partial charge on any atom is 0.268 e. The number of carbonyl (C=O) groups is 1. The molecule has 4 rings (SSSR count). The summed E-state index contributed by atoms with van der Waals surface area (Å²) in [4.78, 5) is 17.2. The Morgan fingerprint density at radius 3 is 2.85 bits per heavy atom. The van der Waals surface area contributed by atoms with Crippen LogP contribution in [0.1, 0.15) is 26.8 Å². The van der Waals surface area contributed by atoms with Crippen molar-refractivity contribution in [3.05, 3.63) is 74.5 Å². The number of nitrogens with one attached hydrogen (secondary N) is 1. The van der Waals surface area contributed by atoms with E-state index in [4.69, 9.17) is 4.42 Å². The lowest BCUT2D eigenvalue weighted by atomic mass is 10.2. The summed E-state index contributed by atoms with van der Waals surface area (Å²) in [5.74, 6) is -0.142. The molecule has 3 heterocycles. The van der Waals surface area contributed by atoms with Gasteiger partial charge < -0.3 is 14.3 Å². The van der Waals surface area contributed by atoms with Crippen molar-refractivity contribution in [2.75, 3.05) is 0 Å². The normalized spacial score (nSPS) is 11.2. The smallest absolute Gasteiger partial charge is 0.268 e. The molecule has 5 nitrogen and oxygen atoms in total. The highest BCUT2D eigenvalue weighted by Gasteiger charge is 2.19. The highest BCUT2D eigenvalue weighted by atomic mass is 79.9. The van der Waals surface area contributed by atoms with Gasteiger partial charge in [-0.2, -0.15) is 0 Å². The molecule has 0 aliphatic carbocycles. The third-order valence-electron chi connectivity index (χ3n) is 4.04. The zero-order valence-corrected chi connectivity index (χ0v) is 16.4. The lowest BCUT2D eigenvalue weighted by Gasteiger charge is -2.10. The molecule has 0 atom stereocenters. The van der Waals surface area contributed by atoms with Crippen molar-refractivity contribution < 1.29 is 9.21 Å². The third-order valence-corrected chi connectivity index (χ3v) is 5.40. The highest BCUT2D eigenvalue weighted by molar-refractivity contribution is 9.10. The molecule has 1 N–H and O–H groups in total. The second kappa shape index (κ2) is 7.09. The molecule has 26 heavy (non-hydrogen) atoms. The largest absolute Gasteiger partial charge is 0.448 e. The minimum Gasteiger partial charge on any atom is -0.448 e. The zero-order valence-electron chi connectivity index (χ0n) is 14.0. The molecule has 1 aromatic carbocycles. The minimum atomic E-state index is -0.142. The molecule has 0 fully saturated rings. The monoisotopic (exact) mass is 429 g/mol. The van der Waals surface area contributed by atoms with Crippen LogP contribution in [0, 0.1) is 6.92 Å². The highest BCUT2D eigenvalue weighted by Crippen LogP contribution is 2.28. The van der Waals surface area contributed by atoms with E-state index >= 15 is 0 Å². The van der Waals surface area contributed by atoms with Gasteiger partial charge in [0.15, 0.2) is 10.3 Å². The van der Waals surface area contributed by atoms with Gasteiger partial charge in [-0.3, -0.25) is 4.79 Å². The number of halogens is 1. The van der Waals surface area contributed by atoms with E-state index in [1.165, 1.54) is 0 Å². The Balaban J connectivity index is 1.63. The number of aryl methyl sites for hydroxylation is 1. The summed E-state index contributed by atoms with van der Waals surface area (Å²) in [5.41, 5.74) is 4.23. The van der Waals surface area contributed by atoms with E-state index in [0.29, 0.717) is 29.0 Å². The molecule has 4 aromatic rings. The van der Waals surface area contributed by atoms with Crippen molar-refractivity contribution >= 4 is 44.3 Å². The van der Waals surface area contributed by atoms with E-state index in [1.54, 1.807) is 17.4 Å². The number of nitrogens with zero attached hydrogens (tertiary/aromatic N) is 2. The van der Waals surface area contributed by atoms with Gasteiger partial charge in [0, 0.05) is 29.8 Å². The Morgan fingerprint density at radius 1 is 1.31 bits per heavy atom. The van der Waals surface area contributed by atoms with E-state index in [0.717, 1.165) is 21.8 Å². The Hall–Kier alpha value is -2.38. The number of hydrogen-bond donors (Lipinski definition) is 1. The molecule has 0 unspecified atom stereocenters. The van der Waals surface area contributed by atoms with E-state index < -0.39 is 0 Å². The number of carbonyl (C=O) groups excluding carboxylic acids is 1. The van der Waals surface area contributed by atoms with E-state index in [-0.39, 0.29) is 5.91 Å². The van der Waals surface area contributed by atoms with Gasteiger partial charge in [0.1, 0.15) is 10.7 Å². The molecule has 0 aliphatic heterocycles. The first-order valence-electron chi connectivity index (χ1n) is 8.12. The van der Waals surface area contributed by atoms with Gasteiger partial charge >= 0.3 is 0 Å². The van der Waals surface area contributed by atoms with Gasteiger partial charge in [-0.15, -0.1) is 11.3 Å². The second-order valence-electron chi connectivity index (χ2n) is 5.97. The first-order chi connectivity index (χ1) is 12.6. The molecule has 3 aromatic heterocycles. The van der Waals surface area contributed by atoms with Crippen molar-refractivity contribution in [2.45, 2.75) is 20.0 Å². The van der Waals surface area contributed by atoms with Gasteiger partial charge in [-0.25, -0.2) is 4.98 Å². The fourth-order valence-electron chi connectivity index (χ4n) is 2.87. The lowest BCUT2D eigenvalue weighted by Crippen LogP contribution is -2.25. The maximum absolute atomic E-state index is 12.8. The van der Waals surface area contributed by atoms with Crippen molar-refractivity contribution in [1.29, 1.82) is 0 Å². The van der Waals surface area contributed by atoms with Crippen molar-refractivity contribution in [3.8, 4) is 0 Å². The van der Waals surface area contributed by atoms with Gasteiger partial charge in [0.2, 0.25) is 0 Å². The Morgan fingerprint density at radius 2 is 2.12 bits per heavy atom. The van der Waals surface area contributed by atoms with Gasteiger partial charge in [-0.1, -0.05) is 30.3 Å². The fourth-order valence-corrected chi connectivity index (χ4v) is 3.97. The molecule has 0 bridgehead atoms. The zero-order chi connectivity index (χ0) is 18.1. The van der Waals surface area contributed by atoms with Crippen molar-refractivity contribution in [3.63, 3.8) is 0 Å². The summed E-state index contributed by atoms with van der Waals surface area (Å²) in [6, 6.07) is 13.7. The lowest BCUT2D eigenvalue weighted by molar-refractivity contribution is 0.0942. The fraction of sp³-hybridized carbons (Fsp3) is 0.158. The van der Waals surface area contributed by atoms with Gasteiger partial charge in [0.05, 0.1) is 12.1 Å². The topological polar surface area (TPSA) is 60.1 Å². The van der Waals surface area contributed by atoms with Crippen LogP contribution in [0.25, 0.3) is 11.1 Å². The quantitative estimate of drug-likeness (QED) is 0.498. The van der Waals surface area contributed by atoms with Crippen LogP contribution in [-0.2, 0) is 13.1 Å². The average molecular weight is 430 g/mol. The summed E-state index contributed by atoms with van der Waals surface area (Å²) >= 11 is 4.91. The van der Waals surface area contributed by atoms with E-state index in [9.17, 15) is 4.79 Å². The number of furan rings is 1. The van der Waals surface area contributed by atoms with Crippen LogP contribution in [0.2, 0.25) is 0 Å². The SMILES string of the molecule is Cc1csc(CNC(=O)c2cc3oc(Br)cc3n2Cc2ccccc2)n1. The Bertz CT molecular complexity index is 1070. The van der Waals surface area contributed by atoms with E-state index in [1.807, 2.05) is 53.3 Å². The molecule has 132 valence electrons. The maximum atomic E-state index is 12.8. The average Bonchev–Trinajstić information content (AvgIpc) is 3.29. The number of thiazole rings is 1. The number of amides is 1. The van der Waals surface area contributed by atoms with Gasteiger partial charge in [-0.05, 0) is 28.4 Å². The minimum absolute atomic E-state index is 0.142.